The van der Waals surface area contributed by atoms with Crippen molar-refractivity contribution in [1.29, 1.82) is 10.5 Å². The van der Waals surface area contributed by atoms with Gasteiger partial charge in [0.2, 0.25) is 0 Å². The maximum atomic E-state index is 9.48. The summed E-state index contributed by atoms with van der Waals surface area (Å²) in [6, 6.07) is 127. The van der Waals surface area contributed by atoms with Crippen molar-refractivity contribution in [3.05, 3.63) is 385 Å². The maximum Gasteiger partial charge on any atom is 0.159 e. The topological polar surface area (TPSA) is 139 Å². The lowest BCUT2D eigenvalue weighted by Crippen LogP contribution is -2.11. The Morgan fingerprint density at radius 2 is 0.508 bits per heavy atom. The summed E-state index contributed by atoms with van der Waals surface area (Å²) < 4.78 is 40.7. The van der Waals surface area contributed by atoms with Gasteiger partial charge < -0.3 is 46.1 Å². The molecule has 6 aromatic heterocycles. The lowest BCUT2D eigenvalue weighted by molar-refractivity contribution is 0.572. The van der Waals surface area contributed by atoms with E-state index < -0.39 is 0 Å². The van der Waals surface area contributed by atoms with Crippen molar-refractivity contribution in [1.82, 2.24) is 0 Å². The van der Waals surface area contributed by atoms with E-state index in [4.69, 9.17) is 26.5 Å². The van der Waals surface area contributed by atoms with E-state index in [0.29, 0.717) is 23.0 Å². The molecule has 0 bridgehead atoms. The number of nitrogens with zero attached hydrogens (tertiary/aromatic N) is 6. The van der Waals surface area contributed by atoms with Gasteiger partial charge in [0.25, 0.3) is 0 Å². The van der Waals surface area contributed by atoms with Gasteiger partial charge in [0.1, 0.15) is 55.8 Å². The molecule has 0 atom stereocenters. The number of hydrogen-bond acceptors (Lipinski definition) is 12. The van der Waals surface area contributed by atoms with Crippen LogP contribution in [0.3, 0.4) is 0 Å². The summed E-state index contributed by atoms with van der Waals surface area (Å²) in [6.07, 6.45) is 0. The Balaban J connectivity index is 0.000000152. The lowest BCUT2D eigenvalue weighted by Gasteiger charge is -2.26. The standard InChI is InChI=1S/C66H50N2O4.C54H40N4O2/c1-65(2,3)53-25-13-21-46-48-23-15-27-55(63(48)71-61(46)53)67(41-17-9-7-10-18-41)43-30-29-39-34-50-52-38-59-51(37-60(52)69-57(50)35-40(39)33-43)45-32-31-44(36-58(45)70-59)68(42-19-11-8-12-20-42)56-28-16-24-49-47-22-14-26-54(66(4,5)6)62(47)72-64(49)56;1-33(2)37-9-18-43(19-10-37)57(41-14-5-35(31-55)6-15-41)45-22-13-39-26-48-50-30-53-49(29-54(50)59-51(48)27-40(39)25-45)47-24-23-46(28-52(47)60-53)58(42-16-7-36(32-56)8-17-42)44-20-11-38(12-21-44)34(3)4/h7-38H,1-6H3;5-30,33-34H,1-4H3. The highest BCUT2D eigenvalue weighted by molar-refractivity contribution is 6.20. The van der Waals surface area contributed by atoms with E-state index in [1.807, 2.05) is 54.6 Å². The molecule has 132 heavy (non-hydrogen) atoms. The molecule has 0 amide bonds. The number of para-hydroxylation sites is 6. The first-order valence-electron chi connectivity index (χ1n) is 45.1. The molecule has 6 heterocycles. The van der Waals surface area contributed by atoms with Crippen LogP contribution in [0.1, 0.15) is 114 Å². The van der Waals surface area contributed by atoms with E-state index in [9.17, 15) is 10.5 Å². The van der Waals surface area contributed by atoms with Gasteiger partial charge >= 0.3 is 0 Å². The predicted molar refractivity (Wildman–Crippen MR) is 545 cm³/mol. The van der Waals surface area contributed by atoms with Crippen molar-refractivity contribution < 1.29 is 26.5 Å². The fourth-order valence-electron chi connectivity index (χ4n) is 19.5. The highest BCUT2D eigenvalue weighted by Crippen LogP contribution is 2.51. The Morgan fingerprint density at radius 3 is 0.871 bits per heavy atom. The zero-order valence-electron chi connectivity index (χ0n) is 74.8. The van der Waals surface area contributed by atoms with E-state index in [1.54, 1.807) is 0 Å². The van der Waals surface area contributed by atoms with E-state index in [1.165, 1.54) is 22.3 Å². The fraction of sp³-hybridized carbons (Fsp3) is 0.117. The van der Waals surface area contributed by atoms with E-state index in [-0.39, 0.29) is 10.8 Å². The van der Waals surface area contributed by atoms with Crippen LogP contribution in [0.5, 0.6) is 0 Å². The van der Waals surface area contributed by atoms with E-state index >= 15 is 0 Å². The second kappa shape index (κ2) is 31.2. The molecular formula is C120H90N6O6. The van der Waals surface area contributed by atoms with Gasteiger partial charge in [-0.1, -0.05) is 203 Å². The quantitative estimate of drug-likeness (QED) is 0.102. The van der Waals surface area contributed by atoms with Crippen LogP contribution in [-0.4, -0.2) is 0 Å². The number of hydrogen-bond donors (Lipinski definition) is 0. The van der Waals surface area contributed by atoms with Gasteiger partial charge in [-0.25, -0.2) is 0 Å². The molecular weight excluding hydrogens is 1620 g/mol. The summed E-state index contributed by atoms with van der Waals surface area (Å²) in [7, 11) is 0. The van der Waals surface area contributed by atoms with Crippen molar-refractivity contribution in [2.75, 3.05) is 19.6 Å². The molecule has 0 N–H and O–H groups in total. The molecule has 0 aliphatic rings. The van der Waals surface area contributed by atoms with Gasteiger partial charge in [0, 0.05) is 139 Å². The molecule has 0 fully saturated rings. The van der Waals surface area contributed by atoms with Crippen LogP contribution >= 0.6 is 0 Å². The van der Waals surface area contributed by atoms with Crippen molar-refractivity contribution in [2.24, 2.45) is 0 Å². The monoisotopic (exact) mass is 1710 g/mol. The average Bonchev–Trinajstić information content (AvgIpc) is 1.60. The Hall–Kier alpha value is -16.5. The van der Waals surface area contributed by atoms with Crippen molar-refractivity contribution in [2.45, 2.75) is 91.9 Å². The van der Waals surface area contributed by atoms with Crippen LogP contribution in [0.2, 0.25) is 0 Å². The van der Waals surface area contributed by atoms with E-state index in [0.717, 1.165) is 221 Å². The number of nitriles is 2. The normalized spacial score (nSPS) is 12.1. The molecule has 0 radical (unpaired) electrons. The van der Waals surface area contributed by atoms with Crippen molar-refractivity contribution in [3.63, 3.8) is 0 Å². The van der Waals surface area contributed by atoms with Gasteiger partial charge in [-0.15, -0.1) is 0 Å². The molecule has 0 aliphatic carbocycles. The molecule has 636 valence electrons. The summed E-state index contributed by atoms with van der Waals surface area (Å²) in [5.41, 5.74) is 27.9. The highest BCUT2D eigenvalue weighted by Gasteiger charge is 2.30. The predicted octanol–water partition coefficient (Wildman–Crippen LogP) is 35.5. The fourth-order valence-corrected chi connectivity index (χ4v) is 19.5. The third kappa shape index (κ3) is 13.7. The molecule has 24 rings (SSSR count). The van der Waals surface area contributed by atoms with Gasteiger partial charge in [-0.05, 0) is 262 Å². The summed E-state index contributed by atoms with van der Waals surface area (Å²) in [5, 5.41) is 35.8. The second-order valence-electron chi connectivity index (χ2n) is 37.4. The first-order valence-corrected chi connectivity index (χ1v) is 45.1. The van der Waals surface area contributed by atoms with Crippen LogP contribution < -0.4 is 19.6 Å². The summed E-state index contributed by atoms with van der Waals surface area (Å²) in [6.45, 7) is 22.2. The number of furan rings is 6. The lowest BCUT2D eigenvalue weighted by atomic mass is 9.86. The van der Waals surface area contributed by atoms with Crippen LogP contribution in [0.15, 0.2) is 378 Å². The Morgan fingerprint density at radius 1 is 0.220 bits per heavy atom. The highest BCUT2D eigenvalue weighted by atomic mass is 16.4. The van der Waals surface area contributed by atoms with Gasteiger partial charge in [0.15, 0.2) is 11.2 Å². The Bertz CT molecular complexity index is 8530. The zero-order chi connectivity index (χ0) is 89.7. The zero-order valence-corrected chi connectivity index (χ0v) is 74.8. The molecule has 0 unspecified atom stereocenters. The largest absolute Gasteiger partial charge is 0.456 e. The molecule has 0 saturated heterocycles. The van der Waals surface area contributed by atoms with Gasteiger partial charge in [-0.3, -0.25) is 0 Å². The van der Waals surface area contributed by atoms with Gasteiger partial charge in [-0.2, -0.15) is 10.5 Å². The smallest absolute Gasteiger partial charge is 0.159 e. The summed E-state index contributed by atoms with van der Waals surface area (Å²) >= 11 is 0. The first-order chi connectivity index (χ1) is 64.2. The summed E-state index contributed by atoms with van der Waals surface area (Å²) in [4.78, 5) is 8.99. The minimum Gasteiger partial charge on any atom is -0.456 e. The Labute approximate surface area is 762 Å². The molecule has 12 nitrogen and oxygen atoms in total. The van der Waals surface area contributed by atoms with Crippen LogP contribution in [0, 0.1) is 22.7 Å². The third-order valence-electron chi connectivity index (χ3n) is 26.3. The number of anilines is 12. The van der Waals surface area contributed by atoms with Crippen molar-refractivity contribution in [3.8, 4) is 12.1 Å². The number of fused-ring (bicyclic) bond motifs is 20. The van der Waals surface area contributed by atoms with Gasteiger partial charge in [0.05, 0.1) is 40.3 Å². The minimum atomic E-state index is -0.0820. The molecule has 0 saturated carbocycles. The maximum absolute atomic E-state index is 9.48. The average molecular weight is 1710 g/mol. The van der Waals surface area contributed by atoms with Crippen LogP contribution in [0.25, 0.3) is 153 Å². The SMILES string of the molecule is CC(C)(C)c1cccc2c1oc1c(N(c3ccccc3)c3ccc4cc5c(cc4c3)oc3cc4c(cc35)oc3cc(N(c5ccccc5)c5cccc6c5oc5c(C(C)(C)C)cccc56)ccc34)cccc12.CC(C)c1ccc(N(c2ccc(C#N)cc2)c2ccc3cc4c(cc3c2)oc2cc3c(cc24)oc2cc(N(c4ccc(C#N)cc4)c4ccc(C(C)C)cc4)ccc23)cc1. The molecule has 0 aliphatic heterocycles. The number of benzene rings is 18. The summed E-state index contributed by atoms with van der Waals surface area (Å²) in [5.74, 6) is 0.856. The first kappa shape index (κ1) is 80.1. The van der Waals surface area contributed by atoms with Crippen LogP contribution in [0.4, 0.5) is 68.2 Å². The minimum absolute atomic E-state index is 0.0775. The van der Waals surface area contributed by atoms with E-state index in [2.05, 4.69) is 398 Å². The second-order valence-corrected chi connectivity index (χ2v) is 37.4. The number of rotatable bonds is 14. The molecule has 12 heteroatoms. The molecule has 24 aromatic rings. The van der Waals surface area contributed by atoms with Crippen molar-refractivity contribution >= 4 is 221 Å². The Kier molecular flexibility index (Phi) is 18.9. The van der Waals surface area contributed by atoms with Crippen LogP contribution in [-0.2, 0) is 10.8 Å². The molecule has 18 aromatic carbocycles. The third-order valence-corrected chi connectivity index (χ3v) is 26.3. The molecule has 0 spiro atoms.